The Hall–Kier alpha value is -0.410. The van der Waals surface area contributed by atoms with Crippen molar-refractivity contribution in [3.05, 3.63) is 16.1 Å². The molecule has 72 valence electrons. The molecule has 0 bridgehead atoms. The molecule has 0 aromatic carbocycles. The van der Waals surface area contributed by atoms with Gasteiger partial charge in [0.2, 0.25) is 0 Å². The molecule has 0 radical (unpaired) electrons. The van der Waals surface area contributed by atoms with Gasteiger partial charge >= 0.3 is 0 Å². The second-order valence-corrected chi connectivity index (χ2v) is 4.82. The summed E-state index contributed by atoms with van der Waals surface area (Å²) in [4.78, 5) is 5.86. The molecule has 1 aromatic rings. The first-order valence-corrected chi connectivity index (χ1v) is 5.81. The van der Waals surface area contributed by atoms with Gasteiger partial charge in [-0.3, -0.25) is 0 Å². The highest BCUT2D eigenvalue weighted by molar-refractivity contribution is 7.11. The Labute approximate surface area is 83.4 Å². The van der Waals surface area contributed by atoms with Crippen LogP contribution in [0.1, 0.15) is 41.5 Å². The van der Waals surface area contributed by atoms with Gasteiger partial charge in [-0.05, 0) is 19.9 Å². The summed E-state index contributed by atoms with van der Waals surface area (Å²) in [5.41, 5.74) is 0. The maximum Gasteiger partial charge on any atom is 0.0959 e. The molecule has 1 aromatic heterocycles. The second-order valence-electron chi connectivity index (χ2n) is 3.68. The van der Waals surface area contributed by atoms with Crippen LogP contribution in [0.25, 0.3) is 0 Å². The molecule has 0 amide bonds. The maximum atomic E-state index is 4.50. The number of nitrogens with one attached hydrogen (secondary N) is 1. The minimum atomic E-state index is 0.774. The van der Waals surface area contributed by atoms with Crippen molar-refractivity contribution in [2.24, 2.45) is 0 Å². The van der Waals surface area contributed by atoms with E-state index < -0.39 is 0 Å². The summed E-state index contributed by atoms with van der Waals surface area (Å²) in [6.45, 7) is 0.963. The van der Waals surface area contributed by atoms with Crippen molar-refractivity contribution in [3.8, 4) is 0 Å². The van der Waals surface area contributed by atoms with E-state index in [1.54, 1.807) is 0 Å². The summed E-state index contributed by atoms with van der Waals surface area (Å²) in [7, 11) is 1.98. The molecule has 0 aliphatic heterocycles. The number of hydrogen-bond acceptors (Lipinski definition) is 3. The van der Waals surface area contributed by atoms with E-state index in [1.807, 2.05) is 24.6 Å². The van der Waals surface area contributed by atoms with Crippen LogP contribution in [0.15, 0.2) is 6.20 Å². The molecule has 1 N–H and O–H groups in total. The van der Waals surface area contributed by atoms with E-state index in [0.717, 1.165) is 12.5 Å². The fraction of sp³-hybridized carbons (Fsp3) is 0.700. The van der Waals surface area contributed by atoms with Crippen LogP contribution in [-0.4, -0.2) is 12.0 Å². The molecule has 1 aliphatic rings. The van der Waals surface area contributed by atoms with Crippen LogP contribution in [0.2, 0.25) is 0 Å². The zero-order chi connectivity index (χ0) is 9.10. The van der Waals surface area contributed by atoms with Crippen LogP contribution >= 0.6 is 11.3 Å². The van der Waals surface area contributed by atoms with Gasteiger partial charge in [0.1, 0.15) is 0 Å². The summed E-state index contributed by atoms with van der Waals surface area (Å²) < 4.78 is 0. The Morgan fingerprint density at radius 2 is 2.31 bits per heavy atom. The fourth-order valence-electron chi connectivity index (χ4n) is 1.94. The molecule has 1 saturated carbocycles. The molecule has 0 unspecified atom stereocenters. The Kier molecular flexibility index (Phi) is 2.96. The average Bonchev–Trinajstić information content (AvgIpc) is 2.70. The maximum absolute atomic E-state index is 4.50. The zero-order valence-electron chi connectivity index (χ0n) is 8.05. The molecular formula is C10H16N2S. The third-order valence-electron chi connectivity index (χ3n) is 2.63. The number of nitrogens with zero attached hydrogens (tertiary/aromatic N) is 1. The van der Waals surface area contributed by atoms with Crippen molar-refractivity contribution in [3.63, 3.8) is 0 Å². The Balaban J connectivity index is 2.03. The van der Waals surface area contributed by atoms with E-state index in [0.29, 0.717) is 0 Å². The van der Waals surface area contributed by atoms with Gasteiger partial charge in [-0.15, -0.1) is 11.3 Å². The van der Waals surface area contributed by atoms with Crippen LogP contribution in [0.4, 0.5) is 0 Å². The standard InChI is InChI=1S/C10H16N2S/c1-11-6-9-7-12-10(13-9)8-4-2-3-5-8/h7-8,11H,2-6H2,1H3. The summed E-state index contributed by atoms with van der Waals surface area (Å²) >= 11 is 1.88. The summed E-state index contributed by atoms with van der Waals surface area (Å²) in [5.74, 6) is 0.774. The third-order valence-corrected chi connectivity index (χ3v) is 3.79. The van der Waals surface area contributed by atoms with Crippen molar-refractivity contribution >= 4 is 11.3 Å². The number of hydrogen-bond donors (Lipinski definition) is 1. The Morgan fingerprint density at radius 1 is 1.54 bits per heavy atom. The van der Waals surface area contributed by atoms with Gasteiger partial charge in [0.05, 0.1) is 5.01 Å². The molecule has 0 saturated heterocycles. The second kappa shape index (κ2) is 4.20. The minimum Gasteiger partial charge on any atom is -0.315 e. The van der Waals surface area contributed by atoms with Gasteiger partial charge in [-0.2, -0.15) is 0 Å². The molecule has 1 heterocycles. The minimum absolute atomic E-state index is 0.774. The van der Waals surface area contributed by atoms with Crippen molar-refractivity contribution in [2.75, 3.05) is 7.05 Å². The van der Waals surface area contributed by atoms with Gasteiger partial charge in [0, 0.05) is 23.5 Å². The number of aromatic nitrogens is 1. The van der Waals surface area contributed by atoms with Crippen LogP contribution in [-0.2, 0) is 6.54 Å². The Morgan fingerprint density at radius 3 is 3.00 bits per heavy atom. The quantitative estimate of drug-likeness (QED) is 0.803. The highest BCUT2D eigenvalue weighted by Gasteiger charge is 2.19. The molecular weight excluding hydrogens is 180 g/mol. The SMILES string of the molecule is CNCc1cnc(C2CCCC2)s1. The fourth-order valence-corrected chi connectivity index (χ4v) is 3.04. The van der Waals surface area contributed by atoms with E-state index in [4.69, 9.17) is 0 Å². The van der Waals surface area contributed by atoms with Gasteiger partial charge in [-0.1, -0.05) is 12.8 Å². The van der Waals surface area contributed by atoms with E-state index in [2.05, 4.69) is 10.3 Å². The lowest BCUT2D eigenvalue weighted by atomic mass is 10.1. The highest BCUT2D eigenvalue weighted by Crippen LogP contribution is 2.35. The first kappa shape index (κ1) is 9.16. The first-order valence-electron chi connectivity index (χ1n) is 4.99. The molecule has 2 rings (SSSR count). The van der Waals surface area contributed by atoms with Crippen molar-refractivity contribution < 1.29 is 0 Å². The van der Waals surface area contributed by atoms with Crippen molar-refractivity contribution in [1.82, 2.24) is 10.3 Å². The van der Waals surface area contributed by atoms with Crippen LogP contribution in [0, 0.1) is 0 Å². The van der Waals surface area contributed by atoms with Gasteiger partial charge in [0.15, 0.2) is 0 Å². The predicted octanol–water partition coefficient (Wildman–Crippen LogP) is 2.52. The van der Waals surface area contributed by atoms with Crippen molar-refractivity contribution in [2.45, 2.75) is 38.1 Å². The van der Waals surface area contributed by atoms with Crippen LogP contribution < -0.4 is 5.32 Å². The third kappa shape index (κ3) is 2.09. The van der Waals surface area contributed by atoms with E-state index >= 15 is 0 Å². The molecule has 3 heteroatoms. The summed E-state index contributed by atoms with van der Waals surface area (Å²) in [5, 5.41) is 4.52. The van der Waals surface area contributed by atoms with Crippen LogP contribution in [0.3, 0.4) is 0 Å². The monoisotopic (exact) mass is 196 g/mol. The predicted molar refractivity (Wildman–Crippen MR) is 56.1 cm³/mol. The van der Waals surface area contributed by atoms with Gasteiger partial charge in [-0.25, -0.2) is 4.98 Å². The van der Waals surface area contributed by atoms with Gasteiger partial charge in [0.25, 0.3) is 0 Å². The zero-order valence-corrected chi connectivity index (χ0v) is 8.86. The number of thiazole rings is 1. The molecule has 2 nitrogen and oxygen atoms in total. The van der Waals surface area contributed by atoms with E-state index in [9.17, 15) is 0 Å². The summed E-state index contributed by atoms with van der Waals surface area (Å²) in [6.07, 6.45) is 7.52. The lowest BCUT2D eigenvalue weighted by Crippen LogP contribution is -2.02. The van der Waals surface area contributed by atoms with Gasteiger partial charge < -0.3 is 5.32 Å². The number of rotatable bonds is 3. The lowest BCUT2D eigenvalue weighted by molar-refractivity contribution is 0.716. The molecule has 1 fully saturated rings. The van der Waals surface area contributed by atoms with E-state index in [-0.39, 0.29) is 0 Å². The topological polar surface area (TPSA) is 24.9 Å². The smallest absolute Gasteiger partial charge is 0.0959 e. The van der Waals surface area contributed by atoms with Crippen LogP contribution in [0.5, 0.6) is 0 Å². The lowest BCUT2D eigenvalue weighted by Gasteiger charge is -2.02. The van der Waals surface area contributed by atoms with Crippen molar-refractivity contribution in [1.29, 1.82) is 0 Å². The molecule has 13 heavy (non-hydrogen) atoms. The highest BCUT2D eigenvalue weighted by atomic mass is 32.1. The average molecular weight is 196 g/mol. The normalized spacial score (nSPS) is 18.2. The molecule has 0 atom stereocenters. The Bertz CT molecular complexity index is 264. The molecule has 0 spiro atoms. The first-order chi connectivity index (χ1) is 6.40. The van der Waals surface area contributed by atoms with E-state index in [1.165, 1.54) is 35.6 Å². The molecule has 1 aliphatic carbocycles. The summed E-state index contributed by atoms with van der Waals surface area (Å²) in [6, 6.07) is 0. The largest absolute Gasteiger partial charge is 0.315 e.